The molecule has 3 rings (SSSR count). The van der Waals surface area contributed by atoms with Gasteiger partial charge in [0.2, 0.25) is 0 Å². The highest BCUT2D eigenvalue weighted by atomic mass is 35.5. The average molecular weight is 424 g/mol. The van der Waals surface area contributed by atoms with Gasteiger partial charge in [-0.2, -0.15) is 0 Å². The lowest BCUT2D eigenvalue weighted by Crippen LogP contribution is -2.40. The lowest BCUT2D eigenvalue weighted by atomic mass is 10.1. The van der Waals surface area contributed by atoms with E-state index in [9.17, 15) is 4.79 Å². The molecule has 5 nitrogen and oxygen atoms in total. The minimum Gasteiger partial charge on any atom is -0.482 e. The summed E-state index contributed by atoms with van der Waals surface area (Å²) in [6.07, 6.45) is 7.00. The van der Waals surface area contributed by atoms with E-state index in [4.69, 9.17) is 27.9 Å². The van der Waals surface area contributed by atoms with E-state index < -0.39 is 0 Å². The van der Waals surface area contributed by atoms with Crippen molar-refractivity contribution in [2.24, 2.45) is 7.05 Å². The molecule has 2 heterocycles. The maximum absolute atomic E-state index is 12.4. The molecular formula is C21H27Cl2N3O2. The van der Waals surface area contributed by atoms with Crippen LogP contribution < -0.4 is 10.1 Å². The monoisotopic (exact) mass is 423 g/mol. The Bertz CT molecular complexity index is 786. The molecule has 1 unspecified atom stereocenters. The number of nitrogens with zero attached hydrogens (tertiary/aromatic N) is 2. The number of carbonyl (C=O) groups is 1. The second kappa shape index (κ2) is 10.2. The molecule has 1 aromatic carbocycles. The number of halogens is 2. The summed E-state index contributed by atoms with van der Waals surface area (Å²) >= 11 is 12.0. The Labute approximate surface area is 176 Å². The van der Waals surface area contributed by atoms with Gasteiger partial charge >= 0.3 is 0 Å². The Kier molecular flexibility index (Phi) is 7.65. The van der Waals surface area contributed by atoms with E-state index in [2.05, 4.69) is 20.9 Å². The van der Waals surface area contributed by atoms with Gasteiger partial charge in [0.05, 0.1) is 11.1 Å². The number of hydrogen-bond acceptors (Lipinski definition) is 3. The lowest BCUT2D eigenvalue weighted by Gasteiger charge is -2.31. The maximum atomic E-state index is 12.4. The van der Waals surface area contributed by atoms with Crippen molar-refractivity contribution in [2.45, 2.75) is 31.7 Å². The van der Waals surface area contributed by atoms with Crippen molar-refractivity contribution in [3.63, 3.8) is 0 Å². The highest BCUT2D eigenvalue weighted by Crippen LogP contribution is 2.27. The van der Waals surface area contributed by atoms with Gasteiger partial charge in [0.15, 0.2) is 6.61 Å². The molecule has 0 bridgehead atoms. The molecule has 0 spiro atoms. The molecule has 28 heavy (non-hydrogen) atoms. The molecule has 1 aliphatic rings. The zero-order valence-corrected chi connectivity index (χ0v) is 17.7. The van der Waals surface area contributed by atoms with Crippen molar-refractivity contribution < 1.29 is 9.53 Å². The molecule has 0 radical (unpaired) electrons. The molecule has 152 valence electrons. The van der Waals surface area contributed by atoms with Crippen molar-refractivity contribution in [1.82, 2.24) is 14.8 Å². The predicted molar refractivity (Wildman–Crippen MR) is 113 cm³/mol. The Morgan fingerprint density at radius 3 is 2.57 bits per heavy atom. The molecule has 1 saturated heterocycles. The predicted octanol–water partition coefficient (Wildman–Crippen LogP) is 4.44. The van der Waals surface area contributed by atoms with Crippen molar-refractivity contribution in [3.05, 3.63) is 52.3 Å². The van der Waals surface area contributed by atoms with Crippen LogP contribution in [0.2, 0.25) is 10.0 Å². The first kappa shape index (κ1) is 21.0. The third kappa shape index (κ3) is 5.66. The lowest BCUT2D eigenvalue weighted by molar-refractivity contribution is -0.123. The molecule has 1 fully saturated rings. The van der Waals surface area contributed by atoms with Gasteiger partial charge in [-0.25, -0.2) is 0 Å². The molecule has 2 aromatic rings. The topological polar surface area (TPSA) is 46.5 Å². The van der Waals surface area contributed by atoms with E-state index in [1.807, 2.05) is 19.3 Å². The van der Waals surface area contributed by atoms with Crippen LogP contribution in [0.5, 0.6) is 5.75 Å². The second-order valence-corrected chi connectivity index (χ2v) is 8.02. The van der Waals surface area contributed by atoms with E-state index in [0.29, 0.717) is 22.3 Å². The summed E-state index contributed by atoms with van der Waals surface area (Å²) in [4.78, 5) is 14.9. The van der Waals surface area contributed by atoms with Gasteiger partial charge < -0.3 is 14.6 Å². The van der Waals surface area contributed by atoms with E-state index in [1.165, 1.54) is 31.4 Å². The minimum absolute atomic E-state index is 0.0821. The molecule has 0 aliphatic carbocycles. The van der Waals surface area contributed by atoms with Crippen molar-refractivity contribution in [3.8, 4) is 5.75 Å². The second-order valence-electron chi connectivity index (χ2n) is 7.18. The number of aryl methyl sites for hydroxylation is 1. The van der Waals surface area contributed by atoms with Crippen molar-refractivity contribution in [1.29, 1.82) is 0 Å². The number of likely N-dealkylation sites (tertiary alicyclic amines) is 1. The van der Waals surface area contributed by atoms with Gasteiger partial charge in [0, 0.05) is 30.5 Å². The standard InChI is InChI=1S/C21H27Cl2N3O2/c1-25-10-6-7-18(25)19(26-11-4-2-3-5-12-26)14-24-21(27)15-28-20-9-8-16(22)13-17(20)23/h6-10,13,19H,2-5,11-12,14-15H2,1H3,(H,24,27). The highest BCUT2D eigenvalue weighted by Gasteiger charge is 2.24. The van der Waals surface area contributed by atoms with Gasteiger partial charge in [0.25, 0.3) is 5.91 Å². The van der Waals surface area contributed by atoms with E-state index >= 15 is 0 Å². The number of rotatable bonds is 7. The summed E-state index contributed by atoms with van der Waals surface area (Å²) in [5.41, 5.74) is 1.21. The maximum Gasteiger partial charge on any atom is 0.258 e. The van der Waals surface area contributed by atoms with Crippen LogP contribution in [0.3, 0.4) is 0 Å². The fraction of sp³-hybridized carbons (Fsp3) is 0.476. The Morgan fingerprint density at radius 1 is 1.18 bits per heavy atom. The first-order valence-electron chi connectivity index (χ1n) is 9.74. The summed E-state index contributed by atoms with van der Waals surface area (Å²) in [5, 5.41) is 3.96. The van der Waals surface area contributed by atoms with Crippen LogP contribution in [0.4, 0.5) is 0 Å². The summed E-state index contributed by atoms with van der Waals surface area (Å²) < 4.78 is 7.67. The number of nitrogens with one attached hydrogen (secondary N) is 1. The SMILES string of the molecule is Cn1cccc1C(CNC(=O)COc1ccc(Cl)cc1Cl)N1CCCCCC1. The Hall–Kier alpha value is -1.69. The van der Waals surface area contributed by atoms with Crippen LogP contribution in [0.25, 0.3) is 0 Å². The fourth-order valence-electron chi connectivity index (χ4n) is 3.65. The molecule has 1 aliphatic heterocycles. The summed E-state index contributed by atoms with van der Waals surface area (Å²) in [6.45, 7) is 2.58. The Morgan fingerprint density at radius 2 is 1.93 bits per heavy atom. The molecular weight excluding hydrogens is 397 g/mol. The van der Waals surface area contributed by atoms with Gasteiger partial charge in [-0.3, -0.25) is 9.69 Å². The van der Waals surface area contributed by atoms with E-state index in [-0.39, 0.29) is 18.6 Å². The van der Waals surface area contributed by atoms with Crippen molar-refractivity contribution >= 4 is 29.1 Å². The molecule has 0 saturated carbocycles. The van der Waals surface area contributed by atoms with Crippen LogP contribution in [-0.4, -0.2) is 41.6 Å². The van der Waals surface area contributed by atoms with Crippen LogP contribution in [0, 0.1) is 0 Å². The molecule has 7 heteroatoms. The molecule has 1 atom stereocenters. The van der Waals surface area contributed by atoms with Crippen LogP contribution in [0.15, 0.2) is 36.5 Å². The highest BCUT2D eigenvalue weighted by molar-refractivity contribution is 6.35. The van der Waals surface area contributed by atoms with Gasteiger partial charge in [-0.15, -0.1) is 0 Å². The first-order chi connectivity index (χ1) is 13.5. The average Bonchev–Trinajstić information content (AvgIpc) is 2.92. The summed E-state index contributed by atoms with van der Waals surface area (Å²) in [6, 6.07) is 9.29. The van der Waals surface area contributed by atoms with E-state index in [0.717, 1.165) is 13.1 Å². The first-order valence-corrected chi connectivity index (χ1v) is 10.5. The third-order valence-electron chi connectivity index (χ3n) is 5.15. The van der Waals surface area contributed by atoms with Crippen LogP contribution >= 0.6 is 23.2 Å². The number of hydrogen-bond donors (Lipinski definition) is 1. The third-order valence-corrected chi connectivity index (χ3v) is 5.68. The normalized spacial score (nSPS) is 16.4. The molecule has 1 N–H and O–H groups in total. The smallest absolute Gasteiger partial charge is 0.258 e. The number of ether oxygens (including phenoxy) is 1. The number of aromatic nitrogens is 1. The van der Waals surface area contributed by atoms with Gasteiger partial charge in [-0.1, -0.05) is 36.0 Å². The molecule has 1 aromatic heterocycles. The summed E-state index contributed by atoms with van der Waals surface area (Å²) in [5.74, 6) is 0.285. The minimum atomic E-state index is -0.167. The molecule has 1 amide bonds. The summed E-state index contributed by atoms with van der Waals surface area (Å²) in [7, 11) is 2.05. The number of amides is 1. The fourth-order valence-corrected chi connectivity index (χ4v) is 4.11. The van der Waals surface area contributed by atoms with Gasteiger partial charge in [0.1, 0.15) is 5.75 Å². The largest absolute Gasteiger partial charge is 0.482 e. The van der Waals surface area contributed by atoms with Crippen LogP contribution in [0.1, 0.15) is 37.4 Å². The van der Waals surface area contributed by atoms with Crippen molar-refractivity contribution in [2.75, 3.05) is 26.2 Å². The number of benzene rings is 1. The Balaban J connectivity index is 1.59. The zero-order chi connectivity index (χ0) is 19.9. The quantitative estimate of drug-likeness (QED) is 0.715. The van der Waals surface area contributed by atoms with Crippen LogP contribution in [-0.2, 0) is 11.8 Å². The zero-order valence-electron chi connectivity index (χ0n) is 16.2. The van der Waals surface area contributed by atoms with Gasteiger partial charge in [-0.05, 0) is 56.3 Å². The van der Waals surface area contributed by atoms with E-state index in [1.54, 1.807) is 18.2 Å². The number of carbonyl (C=O) groups excluding carboxylic acids is 1.